The summed E-state index contributed by atoms with van der Waals surface area (Å²) in [4.78, 5) is 36.4. The Morgan fingerprint density at radius 1 is 1.09 bits per heavy atom. The molecule has 33 heavy (non-hydrogen) atoms. The molecule has 0 aromatic heterocycles. The fourth-order valence-corrected chi connectivity index (χ4v) is 5.74. The maximum absolute atomic E-state index is 12.9. The summed E-state index contributed by atoms with van der Waals surface area (Å²) in [6.45, 7) is 1.67. The van der Waals surface area contributed by atoms with Crippen molar-refractivity contribution in [2.45, 2.75) is 43.0 Å². The number of hydrogen-bond donors (Lipinski definition) is 4. The van der Waals surface area contributed by atoms with E-state index in [2.05, 4.69) is 20.7 Å². The molecule has 1 saturated heterocycles. The Morgan fingerprint density at radius 3 is 2.45 bits per heavy atom. The number of urea groups is 1. The third-order valence-electron chi connectivity index (χ3n) is 6.05. The third-order valence-corrected chi connectivity index (χ3v) is 7.80. The molecule has 9 nitrogen and oxygen atoms in total. The van der Waals surface area contributed by atoms with E-state index in [1.54, 1.807) is 37.3 Å². The molecule has 11 heteroatoms. The van der Waals surface area contributed by atoms with Gasteiger partial charge in [-0.2, -0.15) is 0 Å². The van der Waals surface area contributed by atoms with Gasteiger partial charge < -0.3 is 10.6 Å². The molecule has 1 spiro atoms. The SMILES string of the molecule is Cc1ccc(NC(=O)C2CCC3(CC2)NC(=O)NC3=O)cc1S(=O)(=O)Nc1cccc(Cl)c1. The molecule has 0 unspecified atom stereocenters. The number of anilines is 2. The van der Waals surface area contributed by atoms with Crippen LogP contribution in [0.4, 0.5) is 16.2 Å². The Bertz CT molecular complexity index is 1240. The monoisotopic (exact) mass is 490 g/mol. The van der Waals surface area contributed by atoms with Crippen molar-refractivity contribution in [1.82, 2.24) is 10.6 Å². The number of nitrogens with one attached hydrogen (secondary N) is 4. The molecule has 174 valence electrons. The molecular weight excluding hydrogens is 468 g/mol. The molecule has 4 N–H and O–H groups in total. The standard InChI is InChI=1S/C22H23ClN4O5S/c1-13-5-6-16(12-18(13)33(31,32)27-17-4-2-3-15(23)11-17)24-19(28)14-7-9-22(10-8-14)20(29)25-21(30)26-22/h2-6,11-12,14,27H,7-10H2,1H3,(H,24,28)(H2,25,26,29,30). The highest BCUT2D eigenvalue weighted by atomic mass is 35.5. The second-order valence-electron chi connectivity index (χ2n) is 8.35. The molecular formula is C22H23ClN4O5S. The number of hydrogen-bond acceptors (Lipinski definition) is 5. The minimum atomic E-state index is -3.92. The van der Waals surface area contributed by atoms with Gasteiger partial charge >= 0.3 is 6.03 Å². The van der Waals surface area contributed by atoms with E-state index in [4.69, 9.17) is 11.6 Å². The minimum absolute atomic E-state index is 0.0354. The minimum Gasteiger partial charge on any atom is -0.326 e. The Hall–Kier alpha value is -3.11. The summed E-state index contributed by atoms with van der Waals surface area (Å²) in [5.41, 5.74) is 0.259. The number of sulfonamides is 1. The van der Waals surface area contributed by atoms with Crippen LogP contribution >= 0.6 is 11.6 Å². The molecule has 2 fully saturated rings. The molecule has 2 aromatic rings. The van der Waals surface area contributed by atoms with E-state index in [0.29, 0.717) is 47.6 Å². The van der Waals surface area contributed by atoms with Crippen LogP contribution in [0.1, 0.15) is 31.2 Å². The molecule has 1 heterocycles. The van der Waals surface area contributed by atoms with Crippen molar-refractivity contribution in [3.05, 3.63) is 53.1 Å². The van der Waals surface area contributed by atoms with Gasteiger partial charge in [0.05, 0.1) is 10.6 Å². The van der Waals surface area contributed by atoms with Gasteiger partial charge in [0.15, 0.2) is 0 Å². The molecule has 4 rings (SSSR count). The second kappa shape index (κ2) is 8.68. The summed E-state index contributed by atoms with van der Waals surface area (Å²) >= 11 is 5.94. The zero-order chi connectivity index (χ0) is 23.8. The van der Waals surface area contributed by atoms with E-state index in [9.17, 15) is 22.8 Å². The van der Waals surface area contributed by atoms with Crippen molar-refractivity contribution in [3.8, 4) is 0 Å². The van der Waals surface area contributed by atoms with E-state index < -0.39 is 21.6 Å². The Morgan fingerprint density at radius 2 is 1.82 bits per heavy atom. The number of carbonyl (C=O) groups is 3. The first-order valence-corrected chi connectivity index (χ1v) is 12.3. The molecule has 4 amide bonds. The van der Waals surface area contributed by atoms with Crippen LogP contribution in [0.25, 0.3) is 0 Å². The number of benzene rings is 2. The molecule has 1 saturated carbocycles. The van der Waals surface area contributed by atoms with E-state index in [1.807, 2.05) is 0 Å². The van der Waals surface area contributed by atoms with Gasteiger partial charge in [0, 0.05) is 16.6 Å². The maximum Gasteiger partial charge on any atom is 0.322 e. The van der Waals surface area contributed by atoms with Crippen molar-refractivity contribution in [1.29, 1.82) is 0 Å². The molecule has 1 aliphatic carbocycles. The van der Waals surface area contributed by atoms with Crippen molar-refractivity contribution >= 4 is 50.8 Å². The van der Waals surface area contributed by atoms with Gasteiger partial charge in [-0.1, -0.05) is 23.7 Å². The van der Waals surface area contributed by atoms with E-state index in [0.717, 1.165) is 0 Å². The first-order valence-electron chi connectivity index (χ1n) is 10.4. The number of imide groups is 1. The Balaban J connectivity index is 1.45. The van der Waals surface area contributed by atoms with Crippen molar-refractivity contribution in [2.24, 2.45) is 5.92 Å². The normalized spacial score (nSPS) is 22.5. The van der Waals surface area contributed by atoms with Crippen molar-refractivity contribution in [2.75, 3.05) is 10.0 Å². The van der Waals surface area contributed by atoms with Crippen LogP contribution in [0.15, 0.2) is 47.4 Å². The smallest absolute Gasteiger partial charge is 0.322 e. The van der Waals surface area contributed by atoms with Gasteiger partial charge in [-0.15, -0.1) is 0 Å². The number of halogens is 1. The van der Waals surface area contributed by atoms with Gasteiger partial charge in [-0.05, 0) is 68.5 Å². The number of rotatable bonds is 5. The lowest BCUT2D eigenvalue weighted by atomic mass is 9.76. The van der Waals surface area contributed by atoms with Gasteiger partial charge in [-0.3, -0.25) is 19.6 Å². The maximum atomic E-state index is 12.9. The zero-order valence-corrected chi connectivity index (χ0v) is 19.3. The highest BCUT2D eigenvalue weighted by Gasteiger charge is 2.48. The Kier molecular flexibility index (Phi) is 6.06. The summed E-state index contributed by atoms with van der Waals surface area (Å²) in [5, 5.41) is 8.10. The highest BCUT2D eigenvalue weighted by Crippen LogP contribution is 2.35. The number of amides is 4. The summed E-state index contributed by atoms with van der Waals surface area (Å²) in [6.07, 6.45) is 1.57. The lowest BCUT2D eigenvalue weighted by Crippen LogP contribution is -2.50. The summed E-state index contributed by atoms with van der Waals surface area (Å²) in [5.74, 6) is -0.969. The predicted octanol–water partition coefficient (Wildman–Crippen LogP) is 3.16. The molecule has 0 bridgehead atoms. The zero-order valence-electron chi connectivity index (χ0n) is 17.8. The fourth-order valence-electron chi connectivity index (χ4n) is 4.23. The topological polar surface area (TPSA) is 133 Å². The van der Waals surface area contributed by atoms with Crippen LogP contribution < -0.4 is 20.7 Å². The Labute approximate surface area is 196 Å². The largest absolute Gasteiger partial charge is 0.326 e. The van der Waals surface area contributed by atoms with Crippen molar-refractivity contribution < 1.29 is 22.8 Å². The average molecular weight is 491 g/mol. The van der Waals surface area contributed by atoms with Gasteiger partial charge in [0.25, 0.3) is 15.9 Å². The highest BCUT2D eigenvalue weighted by molar-refractivity contribution is 7.92. The number of aryl methyl sites for hydroxylation is 1. The average Bonchev–Trinajstić information content (AvgIpc) is 3.01. The number of carbonyl (C=O) groups excluding carboxylic acids is 3. The van der Waals surface area contributed by atoms with E-state index >= 15 is 0 Å². The fraction of sp³-hybridized carbons (Fsp3) is 0.318. The first-order chi connectivity index (χ1) is 15.6. The quantitative estimate of drug-likeness (QED) is 0.478. The summed E-state index contributed by atoms with van der Waals surface area (Å²) < 4.78 is 28.4. The van der Waals surface area contributed by atoms with Crippen LogP contribution in [0.3, 0.4) is 0 Å². The molecule has 0 atom stereocenters. The van der Waals surface area contributed by atoms with Crippen LogP contribution in [-0.2, 0) is 19.6 Å². The summed E-state index contributed by atoms with van der Waals surface area (Å²) in [6, 6.07) is 10.5. The van der Waals surface area contributed by atoms with Crippen molar-refractivity contribution in [3.63, 3.8) is 0 Å². The lowest BCUT2D eigenvalue weighted by molar-refractivity contribution is -0.128. The second-order valence-corrected chi connectivity index (χ2v) is 10.4. The lowest BCUT2D eigenvalue weighted by Gasteiger charge is -2.33. The molecule has 2 aliphatic rings. The molecule has 2 aromatic carbocycles. The summed E-state index contributed by atoms with van der Waals surface area (Å²) in [7, 11) is -3.92. The van der Waals surface area contributed by atoms with Gasteiger partial charge in [0.1, 0.15) is 5.54 Å². The van der Waals surface area contributed by atoms with Gasteiger partial charge in [-0.25, -0.2) is 13.2 Å². The molecule has 1 aliphatic heterocycles. The first kappa shape index (κ1) is 23.1. The molecule has 0 radical (unpaired) electrons. The van der Waals surface area contributed by atoms with E-state index in [1.165, 1.54) is 12.1 Å². The van der Waals surface area contributed by atoms with Crippen LogP contribution in [-0.4, -0.2) is 31.8 Å². The van der Waals surface area contributed by atoms with E-state index in [-0.39, 0.29) is 22.6 Å². The van der Waals surface area contributed by atoms with Gasteiger partial charge in [0.2, 0.25) is 5.91 Å². The van der Waals surface area contributed by atoms with Crippen LogP contribution in [0.5, 0.6) is 0 Å². The van der Waals surface area contributed by atoms with Crippen LogP contribution in [0.2, 0.25) is 5.02 Å². The third kappa shape index (κ3) is 4.81. The predicted molar refractivity (Wildman–Crippen MR) is 123 cm³/mol. The van der Waals surface area contributed by atoms with Crippen LogP contribution in [0, 0.1) is 12.8 Å².